The number of halogens is 3. The molecule has 0 bridgehead atoms. The molecule has 8 heteroatoms. The zero-order valence-corrected chi connectivity index (χ0v) is 24.5. The molecule has 3 rings (SSSR count). The number of hydrogen-bond acceptors (Lipinski definition) is 4. The molecule has 1 aliphatic heterocycles. The van der Waals surface area contributed by atoms with Gasteiger partial charge in [-0.1, -0.05) is 0 Å². The van der Waals surface area contributed by atoms with Crippen LogP contribution in [0.15, 0.2) is 40.2 Å². The van der Waals surface area contributed by atoms with Crippen molar-refractivity contribution in [2.75, 3.05) is 45.4 Å². The van der Waals surface area contributed by atoms with Crippen LogP contribution in [0.2, 0.25) is 0 Å². The van der Waals surface area contributed by atoms with Crippen LogP contribution in [0.4, 0.5) is 11.4 Å². The molecule has 1 aliphatic rings. The Labute approximate surface area is 200 Å². The number of anilines is 1. The Balaban J connectivity index is 2.23. The average Bonchev–Trinajstić information content (AvgIpc) is 2.71. The van der Waals surface area contributed by atoms with Crippen LogP contribution in [0.3, 0.4) is 0 Å². The van der Waals surface area contributed by atoms with E-state index in [0.29, 0.717) is 13.2 Å². The summed E-state index contributed by atoms with van der Waals surface area (Å²) in [5, 5.41) is 1.21. The van der Waals surface area contributed by atoms with Crippen molar-refractivity contribution < 1.29 is 9.47 Å². The summed E-state index contributed by atoms with van der Waals surface area (Å²) in [7, 11) is 2.44. The Morgan fingerprint density at radius 3 is 2.38 bits per heavy atom. The molecule has 0 aliphatic carbocycles. The van der Waals surface area contributed by atoms with Crippen LogP contribution in [0.5, 0.6) is 0 Å². The molecule has 4 nitrogen and oxygen atoms in total. The first-order valence-corrected chi connectivity index (χ1v) is 25.8. The standard InChI is InChI=1S/C21H27I3N2O2S/c1-5-16-13-17(26(9-11-27-3)10-12-28-4)14-19-21(16)25-20-15(2)7-6-8-18(20)29(19)24(22)23/h6-8,13-14H,5,9-12H2,1-4H3. The summed E-state index contributed by atoms with van der Waals surface area (Å²) in [5.41, 5.74) is 5.11. The van der Waals surface area contributed by atoms with Gasteiger partial charge in [-0.05, 0) is 0 Å². The number of fused-ring (bicyclic) bond motifs is 2. The molecular formula is C21H27I3N2O2S. The summed E-state index contributed by atoms with van der Waals surface area (Å²) in [6.45, 7) is 7.55. The van der Waals surface area contributed by atoms with Gasteiger partial charge in [0.25, 0.3) is 0 Å². The Bertz CT molecular complexity index is 990. The van der Waals surface area contributed by atoms with Crippen LogP contribution in [-0.4, -0.2) is 40.5 Å². The molecular weight excluding hydrogens is 725 g/mol. The first-order valence-electron chi connectivity index (χ1n) is 9.50. The van der Waals surface area contributed by atoms with Crippen molar-refractivity contribution in [3.8, 4) is 0 Å². The van der Waals surface area contributed by atoms with Crippen LogP contribution >= 0.6 is 55.4 Å². The minimum absolute atomic E-state index is 0.140. The molecule has 1 heterocycles. The average molecular weight is 752 g/mol. The van der Waals surface area contributed by atoms with E-state index in [4.69, 9.17) is 14.5 Å². The summed E-state index contributed by atoms with van der Waals surface area (Å²) in [6.07, 6.45) is 0.983. The van der Waals surface area contributed by atoms with E-state index in [0.717, 1.165) is 19.5 Å². The predicted octanol–water partition coefficient (Wildman–Crippen LogP) is 6.62. The van der Waals surface area contributed by atoms with Gasteiger partial charge in [-0.3, -0.25) is 0 Å². The summed E-state index contributed by atoms with van der Waals surface area (Å²) < 4.78 is 12.2. The Morgan fingerprint density at radius 1 is 1.10 bits per heavy atom. The van der Waals surface area contributed by atoms with Crippen molar-refractivity contribution in [3.63, 3.8) is 0 Å². The number of hydrogen-bond donors (Lipinski definition) is 0. The fourth-order valence-electron chi connectivity index (χ4n) is 3.41. The van der Waals surface area contributed by atoms with Crippen LogP contribution in [0.25, 0.3) is 0 Å². The van der Waals surface area contributed by atoms with E-state index < -0.39 is 10.5 Å². The third kappa shape index (κ3) is 5.47. The molecule has 1 unspecified atom stereocenters. The summed E-state index contributed by atoms with van der Waals surface area (Å²) in [5.74, 6) is 0. The molecule has 0 saturated carbocycles. The van der Waals surface area contributed by atoms with E-state index in [9.17, 15) is 0 Å². The molecule has 2 aromatic rings. The molecule has 0 N–H and O–H groups in total. The summed E-state index contributed by atoms with van der Waals surface area (Å²) >= 11 is 5.45. The number of rotatable bonds is 9. The monoisotopic (exact) mass is 752 g/mol. The number of nitrogens with zero attached hydrogens (tertiary/aromatic N) is 2. The molecule has 160 valence electrons. The van der Waals surface area contributed by atoms with E-state index >= 15 is 0 Å². The van der Waals surface area contributed by atoms with Crippen molar-refractivity contribution in [2.45, 2.75) is 25.2 Å². The third-order valence-corrected chi connectivity index (χ3v) is 24.8. The Morgan fingerprint density at radius 2 is 1.79 bits per heavy atom. The maximum absolute atomic E-state index is 5.37. The number of para-hydroxylation sites is 1. The zero-order valence-electron chi connectivity index (χ0n) is 17.2. The fourth-order valence-corrected chi connectivity index (χ4v) is 23.7. The SMILES string of the molecule is CCc1cc(N(CCOC)CCOC)cc2c1N=c1c(C)cccc1=S2I(I)I. The zero-order chi connectivity index (χ0) is 21.0. The number of aryl methyl sites for hydroxylation is 2. The van der Waals surface area contributed by atoms with E-state index in [1.165, 1.54) is 37.3 Å². The minimum atomic E-state index is -1.23. The predicted molar refractivity (Wildman–Crippen MR) is 151 cm³/mol. The summed E-state index contributed by atoms with van der Waals surface area (Å²) in [6, 6.07) is 11.4. The van der Waals surface area contributed by atoms with Gasteiger partial charge in [-0.2, -0.15) is 0 Å². The normalized spacial score (nSPS) is 15.4. The van der Waals surface area contributed by atoms with Gasteiger partial charge < -0.3 is 0 Å². The van der Waals surface area contributed by atoms with Gasteiger partial charge in [-0.15, -0.1) is 0 Å². The summed E-state index contributed by atoms with van der Waals surface area (Å²) in [4.78, 5) is 9.02. The van der Waals surface area contributed by atoms with E-state index in [-0.39, 0.29) is 7.66 Å². The number of ether oxygens (including phenoxy) is 2. The van der Waals surface area contributed by atoms with Crippen LogP contribution in [0.1, 0.15) is 18.1 Å². The first-order chi connectivity index (χ1) is 14.0. The van der Waals surface area contributed by atoms with Crippen LogP contribution in [0, 0.1) is 11.4 Å². The fraction of sp³-hybridized carbons (Fsp3) is 0.429. The molecule has 1 atom stereocenters. The molecule has 2 aromatic carbocycles. The molecule has 0 amide bonds. The first kappa shape index (κ1) is 24.1. The van der Waals surface area contributed by atoms with Gasteiger partial charge >= 0.3 is 203 Å². The van der Waals surface area contributed by atoms with Crippen molar-refractivity contribution in [1.82, 2.24) is 0 Å². The van der Waals surface area contributed by atoms with Gasteiger partial charge in [0, 0.05) is 0 Å². The van der Waals surface area contributed by atoms with Gasteiger partial charge in [0.2, 0.25) is 0 Å². The Hall–Kier alpha value is 0.500. The van der Waals surface area contributed by atoms with Gasteiger partial charge in [0.15, 0.2) is 0 Å². The molecule has 0 aromatic heterocycles. The second-order valence-corrected chi connectivity index (χ2v) is 42.6. The van der Waals surface area contributed by atoms with Crippen molar-refractivity contribution in [3.05, 3.63) is 51.3 Å². The molecule has 0 spiro atoms. The van der Waals surface area contributed by atoms with Crippen molar-refractivity contribution in [2.24, 2.45) is 4.99 Å². The molecule has 0 fully saturated rings. The van der Waals surface area contributed by atoms with E-state index in [1.54, 1.807) is 14.2 Å². The van der Waals surface area contributed by atoms with Crippen LogP contribution < -0.4 is 10.3 Å². The third-order valence-electron chi connectivity index (χ3n) is 4.94. The van der Waals surface area contributed by atoms with Crippen molar-refractivity contribution in [1.29, 1.82) is 0 Å². The van der Waals surface area contributed by atoms with Crippen LogP contribution in [-0.2, 0) is 15.9 Å². The molecule has 0 radical (unpaired) electrons. The Kier molecular flexibility index (Phi) is 9.48. The van der Waals surface area contributed by atoms with Gasteiger partial charge in [0.05, 0.1) is 0 Å². The molecule has 0 saturated heterocycles. The van der Waals surface area contributed by atoms with Gasteiger partial charge in [-0.25, -0.2) is 0 Å². The topological polar surface area (TPSA) is 34.1 Å². The maximum atomic E-state index is 5.37. The van der Waals surface area contributed by atoms with E-state index in [2.05, 4.69) is 86.3 Å². The quantitative estimate of drug-likeness (QED) is 0.214. The number of methoxy groups -OCH3 is 2. The van der Waals surface area contributed by atoms with E-state index in [1.807, 2.05) is 0 Å². The second kappa shape index (κ2) is 11.4. The number of benzene rings is 2. The molecule has 29 heavy (non-hydrogen) atoms. The van der Waals surface area contributed by atoms with Crippen molar-refractivity contribution >= 4 is 66.7 Å². The second-order valence-electron chi connectivity index (χ2n) is 6.74. The van der Waals surface area contributed by atoms with Gasteiger partial charge in [0.1, 0.15) is 0 Å².